The van der Waals surface area contributed by atoms with Crippen LogP contribution in [0.5, 0.6) is 5.75 Å². The standard InChI is InChI=1S/C14H19F3N2O2/c1-13(12(18)20,8-3-9-14(15,16)17)19-10-4-6-11(21-2)7-5-10/h4-7,19H,3,8-9H2,1-2H3,(H2,18,20). The number of ether oxygens (including phenoxy) is 1. The van der Waals surface area contributed by atoms with Gasteiger partial charge in [-0.05, 0) is 44.0 Å². The molecule has 0 fully saturated rings. The molecule has 0 bridgehead atoms. The number of alkyl halides is 3. The Kier molecular flexibility index (Phi) is 5.46. The van der Waals surface area contributed by atoms with Crippen molar-refractivity contribution in [3.05, 3.63) is 24.3 Å². The first-order valence-corrected chi connectivity index (χ1v) is 6.45. The third-order valence-electron chi connectivity index (χ3n) is 3.19. The summed E-state index contributed by atoms with van der Waals surface area (Å²) in [7, 11) is 1.52. The second-order valence-corrected chi connectivity index (χ2v) is 5.02. The predicted octanol–water partition coefficient (Wildman–Crippen LogP) is 3.08. The molecule has 0 aliphatic rings. The van der Waals surface area contributed by atoms with E-state index < -0.39 is 24.0 Å². The average molecular weight is 304 g/mol. The molecule has 0 aliphatic carbocycles. The molecule has 0 heterocycles. The maximum atomic E-state index is 12.2. The highest BCUT2D eigenvalue weighted by molar-refractivity contribution is 5.87. The van der Waals surface area contributed by atoms with Gasteiger partial charge in [-0.2, -0.15) is 13.2 Å². The van der Waals surface area contributed by atoms with Gasteiger partial charge >= 0.3 is 6.18 Å². The summed E-state index contributed by atoms with van der Waals surface area (Å²) in [5, 5.41) is 2.89. The second kappa shape index (κ2) is 6.69. The largest absolute Gasteiger partial charge is 0.497 e. The summed E-state index contributed by atoms with van der Waals surface area (Å²) in [6, 6.07) is 6.70. The molecule has 0 aliphatic heterocycles. The normalized spacial score (nSPS) is 14.3. The van der Waals surface area contributed by atoms with Crippen molar-refractivity contribution in [1.29, 1.82) is 0 Å². The van der Waals surface area contributed by atoms with Crippen molar-refractivity contribution in [3.63, 3.8) is 0 Å². The summed E-state index contributed by atoms with van der Waals surface area (Å²) in [4.78, 5) is 11.6. The van der Waals surface area contributed by atoms with Crippen LogP contribution in [-0.4, -0.2) is 24.7 Å². The summed E-state index contributed by atoms with van der Waals surface area (Å²) in [6.45, 7) is 1.50. The van der Waals surface area contributed by atoms with Gasteiger partial charge in [0.1, 0.15) is 11.3 Å². The van der Waals surface area contributed by atoms with Crippen LogP contribution in [0.1, 0.15) is 26.2 Å². The molecule has 0 aromatic heterocycles. The van der Waals surface area contributed by atoms with Gasteiger partial charge in [0.05, 0.1) is 7.11 Å². The Hall–Kier alpha value is -1.92. The Labute approximate surface area is 121 Å². The molecule has 4 nitrogen and oxygen atoms in total. The van der Waals surface area contributed by atoms with Crippen LogP contribution in [-0.2, 0) is 4.79 Å². The fraction of sp³-hybridized carbons (Fsp3) is 0.500. The summed E-state index contributed by atoms with van der Waals surface area (Å²) >= 11 is 0. The van der Waals surface area contributed by atoms with Gasteiger partial charge < -0.3 is 15.8 Å². The summed E-state index contributed by atoms with van der Waals surface area (Å²) in [5.74, 6) is -0.0566. The smallest absolute Gasteiger partial charge is 0.389 e. The molecule has 0 saturated carbocycles. The Morgan fingerprint density at radius 1 is 1.24 bits per heavy atom. The number of nitrogens with two attached hydrogens (primary N) is 1. The van der Waals surface area contributed by atoms with Gasteiger partial charge in [0.25, 0.3) is 0 Å². The number of hydrogen-bond donors (Lipinski definition) is 2. The lowest BCUT2D eigenvalue weighted by molar-refractivity contribution is -0.137. The van der Waals surface area contributed by atoms with Crippen LogP contribution in [0, 0.1) is 0 Å². The van der Waals surface area contributed by atoms with Crippen molar-refractivity contribution < 1.29 is 22.7 Å². The number of nitrogens with one attached hydrogen (secondary N) is 1. The van der Waals surface area contributed by atoms with Crippen molar-refractivity contribution in [1.82, 2.24) is 0 Å². The maximum absolute atomic E-state index is 12.2. The topological polar surface area (TPSA) is 64.3 Å². The molecule has 0 saturated heterocycles. The quantitative estimate of drug-likeness (QED) is 0.813. The van der Waals surface area contributed by atoms with Crippen molar-refractivity contribution in [3.8, 4) is 5.75 Å². The molecule has 118 valence electrons. The van der Waals surface area contributed by atoms with E-state index in [1.807, 2.05) is 0 Å². The molecule has 1 unspecified atom stereocenters. The fourth-order valence-corrected chi connectivity index (χ4v) is 1.88. The van der Waals surface area contributed by atoms with E-state index in [1.165, 1.54) is 14.0 Å². The van der Waals surface area contributed by atoms with Crippen molar-refractivity contribution >= 4 is 11.6 Å². The van der Waals surface area contributed by atoms with Crippen LogP contribution in [0.3, 0.4) is 0 Å². The van der Waals surface area contributed by atoms with Crippen LogP contribution >= 0.6 is 0 Å². The molecule has 1 aromatic carbocycles. The first-order valence-electron chi connectivity index (χ1n) is 6.45. The minimum absolute atomic E-state index is 0.00608. The monoisotopic (exact) mass is 304 g/mol. The summed E-state index contributed by atoms with van der Waals surface area (Å²) < 4.78 is 41.6. The molecule has 0 spiro atoms. The molecule has 1 amide bonds. The third-order valence-corrected chi connectivity index (χ3v) is 3.19. The lowest BCUT2D eigenvalue weighted by atomic mass is 9.93. The molecule has 1 aromatic rings. The Morgan fingerprint density at radius 2 is 1.81 bits per heavy atom. The fourth-order valence-electron chi connectivity index (χ4n) is 1.88. The highest BCUT2D eigenvalue weighted by atomic mass is 19.4. The molecule has 21 heavy (non-hydrogen) atoms. The van der Waals surface area contributed by atoms with Crippen molar-refractivity contribution in [2.45, 2.75) is 37.9 Å². The van der Waals surface area contributed by atoms with Gasteiger partial charge in [-0.15, -0.1) is 0 Å². The van der Waals surface area contributed by atoms with Gasteiger partial charge in [0, 0.05) is 12.1 Å². The zero-order valence-corrected chi connectivity index (χ0v) is 12.0. The lowest BCUT2D eigenvalue weighted by Gasteiger charge is -2.29. The molecule has 3 N–H and O–H groups in total. The highest BCUT2D eigenvalue weighted by Gasteiger charge is 2.33. The average Bonchev–Trinajstić information content (AvgIpc) is 2.38. The van der Waals surface area contributed by atoms with Crippen molar-refractivity contribution in [2.24, 2.45) is 5.73 Å². The van der Waals surface area contributed by atoms with Gasteiger partial charge in [0.15, 0.2) is 0 Å². The van der Waals surface area contributed by atoms with E-state index in [2.05, 4.69) is 5.32 Å². The molecule has 1 atom stereocenters. The molecule has 0 radical (unpaired) electrons. The minimum atomic E-state index is -4.24. The van der Waals surface area contributed by atoms with Crippen LogP contribution in [0.15, 0.2) is 24.3 Å². The summed E-state index contributed by atoms with van der Waals surface area (Å²) in [6.07, 6.45) is -5.36. The number of carbonyl (C=O) groups excluding carboxylic acids is 1. The lowest BCUT2D eigenvalue weighted by Crippen LogP contribution is -2.48. The minimum Gasteiger partial charge on any atom is -0.497 e. The number of primary amides is 1. The van der Waals surface area contributed by atoms with Gasteiger partial charge in [-0.1, -0.05) is 0 Å². The number of carbonyl (C=O) groups is 1. The predicted molar refractivity (Wildman–Crippen MR) is 74.1 cm³/mol. The van der Waals surface area contributed by atoms with E-state index in [9.17, 15) is 18.0 Å². The van der Waals surface area contributed by atoms with E-state index in [4.69, 9.17) is 10.5 Å². The van der Waals surface area contributed by atoms with Crippen molar-refractivity contribution in [2.75, 3.05) is 12.4 Å². The molecule has 7 heteroatoms. The number of rotatable bonds is 7. The summed E-state index contributed by atoms with van der Waals surface area (Å²) in [5.41, 5.74) is 4.67. The first kappa shape index (κ1) is 17.1. The van der Waals surface area contributed by atoms with Gasteiger partial charge in [0.2, 0.25) is 5.91 Å². The van der Waals surface area contributed by atoms with E-state index >= 15 is 0 Å². The maximum Gasteiger partial charge on any atom is 0.389 e. The van der Waals surface area contributed by atoms with E-state index in [0.717, 1.165) is 0 Å². The Balaban J connectivity index is 2.72. The van der Waals surface area contributed by atoms with Crippen LogP contribution < -0.4 is 15.8 Å². The number of hydrogen-bond acceptors (Lipinski definition) is 3. The van der Waals surface area contributed by atoms with Gasteiger partial charge in [-0.25, -0.2) is 0 Å². The molecular formula is C14H19F3N2O2. The number of amides is 1. The number of halogens is 3. The SMILES string of the molecule is COc1ccc(NC(C)(CCCC(F)(F)F)C(N)=O)cc1. The number of methoxy groups -OCH3 is 1. The zero-order chi connectivity index (χ0) is 16.1. The molecule has 1 rings (SSSR count). The van der Waals surface area contributed by atoms with Crippen LogP contribution in [0.25, 0.3) is 0 Å². The Morgan fingerprint density at radius 3 is 2.24 bits per heavy atom. The molecular weight excluding hydrogens is 285 g/mol. The van der Waals surface area contributed by atoms with E-state index in [-0.39, 0.29) is 12.8 Å². The third kappa shape index (κ3) is 5.53. The zero-order valence-electron chi connectivity index (χ0n) is 12.0. The van der Waals surface area contributed by atoms with E-state index in [0.29, 0.717) is 11.4 Å². The van der Waals surface area contributed by atoms with E-state index in [1.54, 1.807) is 24.3 Å². The van der Waals surface area contributed by atoms with Crippen LogP contribution in [0.2, 0.25) is 0 Å². The van der Waals surface area contributed by atoms with Gasteiger partial charge in [-0.3, -0.25) is 4.79 Å². The highest BCUT2D eigenvalue weighted by Crippen LogP contribution is 2.27. The number of benzene rings is 1. The van der Waals surface area contributed by atoms with Crippen LogP contribution in [0.4, 0.5) is 18.9 Å². The number of anilines is 1. The Bertz CT molecular complexity index is 474. The first-order chi connectivity index (χ1) is 9.66. The second-order valence-electron chi connectivity index (χ2n) is 5.02.